The predicted octanol–water partition coefficient (Wildman–Crippen LogP) is 3.64. The van der Waals surface area contributed by atoms with E-state index in [1.165, 1.54) is 19.3 Å². The molecule has 1 fully saturated rings. The van der Waals surface area contributed by atoms with E-state index in [4.69, 9.17) is 0 Å². The van der Waals surface area contributed by atoms with Crippen LogP contribution in [0.1, 0.15) is 46.4 Å². The molecule has 0 unspecified atom stereocenters. The second-order valence-corrected chi connectivity index (χ2v) is 6.55. The van der Waals surface area contributed by atoms with E-state index in [0.717, 1.165) is 35.9 Å². The van der Waals surface area contributed by atoms with Crippen molar-refractivity contribution in [1.29, 1.82) is 0 Å². The number of anilines is 2. The molecule has 24 heavy (non-hydrogen) atoms. The number of carbonyl (C=O) groups excluding carboxylic acids is 1. The first-order valence-corrected chi connectivity index (χ1v) is 8.51. The van der Waals surface area contributed by atoms with Gasteiger partial charge in [-0.2, -0.15) is 0 Å². The lowest BCUT2D eigenvalue weighted by atomic mass is 10.1. The summed E-state index contributed by atoms with van der Waals surface area (Å²) in [5.41, 5.74) is 4.29. The van der Waals surface area contributed by atoms with E-state index >= 15 is 0 Å². The van der Waals surface area contributed by atoms with Crippen LogP contribution in [-0.4, -0.2) is 29.0 Å². The van der Waals surface area contributed by atoms with Crippen LogP contribution in [0.4, 0.5) is 11.6 Å². The number of carbonyl (C=O) groups is 1. The van der Waals surface area contributed by atoms with E-state index in [1.54, 1.807) is 6.20 Å². The van der Waals surface area contributed by atoms with E-state index in [2.05, 4.69) is 26.3 Å². The highest BCUT2D eigenvalue weighted by molar-refractivity contribution is 6.04. The molecular weight excluding hydrogens is 300 g/mol. The van der Waals surface area contributed by atoms with Gasteiger partial charge in [-0.1, -0.05) is 6.07 Å². The third-order valence-corrected chi connectivity index (χ3v) is 4.33. The average molecular weight is 324 g/mol. The maximum atomic E-state index is 12.5. The van der Waals surface area contributed by atoms with E-state index in [-0.39, 0.29) is 5.91 Å². The van der Waals surface area contributed by atoms with E-state index in [9.17, 15) is 4.79 Å². The van der Waals surface area contributed by atoms with Crippen LogP contribution in [-0.2, 0) is 0 Å². The van der Waals surface area contributed by atoms with Crippen LogP contribution < -0.4 is 10.2 Å². The number of benzene rings is 1. The van der Waals surface area contributed by atoms with E-state index in [1.807, 2.05) is 32.9 Å². The molecule has 0 spiro atoms. The van der Waals surface area contributed by atoms with Crippen molar-refractivity contribution in [3.63, 3.8) is 0 Å². The number of hydrogen-bond acceptors (Lipinski definition) is 4. The lowest BCUT2D eigenvalue weighted by molar-refractivity contribution is 0.102. The van der Waals surface area contributed by atoms with Gasteiger partial charge in [-0.3, -0.25) is 4.79 Å². The van der Waals surface area contributed by atoms with Gasteiger partial charge in [0.05, 0.1) is 11.3 Å². The van der Waals surface area contributed by atoms with Crippen LogP contribution in [0, 0.1) is 20.8 Å². The monoisotopic (exact) mass is 324 g/mol. The molecule has 1 aliphatic rings. The summed E-state index contributed by atoms with van der Waals surface area (Å²) in [6.45, 7) is 7.89. The first-order chi connectivity index (χ1) is 11.5. The van der Waals surface area contributed by atoms with Crippen molar-refractivity contribution in [2.45, 2.75) is 40.0 Å². The Morgan fingerprint density at radius 3 is 2.33 bits per heavy atom. The standard InChI is InChI=1S/C19H24N4O/c1-13-9-14(2)11-16(10-13)22-18(24)17-12-20-19(21-15(17)3)23-7-5-4-6-8-23/h9-12H,4-8H2,1-3H3,(H,22,24). The smallest absolute Gasteiger partial charge is 0.259 e. The van der Waals surface area contributed by atoms with Gasteiger partial charge >= 0.3 is 0 Å². The van der Waals surface area contributed by atoms with Crippen LogP contribution in [0.3, 0.4) is 0 Å². The molecule has 1 aliphatic heterocycles. The summed E-state index contributed by atoms with van der Waals surface area (Å²) in [5.74, 6) is 0.567. The lowest BCUT2D eigenvalue weighted by Gasteiger charge is -2.26. The summed E-state index contributed by atoms with van der Waals surface area (Å²) in [6, 6.07) is 6.00. The van der Waals surface area contributed by atoms with E-state index < -0.39 is 0 Å². The summed E-state index contributed by atoms with van der Waals surface area (Å²) in [6.07, 6.45) is 5.27. The fraction of sp³-hybridized carbons (Fsp3) is 0.421. The number of aryl methyl sites for hydroxylation is 3. The molecule has 1 aromatic carbocycles. The Morgan fingerprint density at radius 1 is 1.04 bits per heavy atom. The molecule has 1 saturated heterocycles. The Kier molecular flexibility index (Phi) is 4.79. The number of nitrogens with zero attached hydrogens (tertiary/aromatic N) is 3. The largest absolute Gasteiger partial charge is 0.341 e. The molecule has 0 bridgehead atoms. The maximum absolute atomic E-state index is 12.5. The first kappa shape index (κ1) is 16.4. The number of rotatable bonds is 3. The number of piperidine rings is 1. The Balaban J connectivity index is 1.77. The van der Waals surface area contributed by atoms with Crippen LogP contribution in [0.5, 0.6) is 0 Å². The number of hydrogen-bond donors (Lipinski definition) is 1. The molecule has 2 aromatic rings. The summed E-state index contributed by atoms with van der Waals surface area (Å²) < 4.78 is 0. The van der Waals surface area contributed by atoms with Gasteiger partial charge in [0.1, 0.15) is 0 Å². The Bertz CT molecular complexity index is 731. The number of aromatic nitrogens is 2. The molecule has 0 saturated carbocycles. The van der Waals surface area contributed by atoms with Crippen molar-refractivity contribution in [2.24, 2.45) is 0 Å². The molecule has 1 N–H and O–H groups in total. The molecule has 1 amide bonds. The van der Waals surface area contributed by atoms with Crippen LogP contribution >= 0.6 is 0 Å². The molecule has 0 atom stereocenters. The molecule has 5 nitrogen and oxygen atoms in total. The van der Waals surface area contributed by atoms with Gasteiger partial charge in [-0.15, -0.1) is 0 Å². The summed E-state index contributed by atoms with van der Waals surface area (Å²) in [4.78, 5) is 23.7. The molecule has 3 rings (SSSR count). The zero-order chi connectivity index (χ0) is 17.1. The summed E-state index contributed by atoms with van der Waals surface area (Å²) in [7, 11) is 0. The fourth-order valence-electron chi connectivity index (χ4n) is 3.17. The SMILES string of the molecule is Cc1cc(C)cc(NC(=O)c2cnc(N3CCCCC3)nc2C)c1. The summed E-state index contributed by atoms with van der Waals surface area (Å²) in [5, 5.41) is 2.95. The third-order valence-electron chi connectivity index (χ3n) is 4.33. The maximum Gasteiger partial charge on any atom is 0.259 e. The number of nitrogens with one attached hydrogen (secondary N) is 1. The zero-order valence-corrected chi connectivity index (χ0v) is 14.6. The van der Waals surface area contributed by atoms with Crippen molar-refractivity contribution in [1.82, 2.24) is 9.97 Å². The van der Waals surface area contributed by atoms with Crippen molar-refractivity contribution in [3.05, 3.63) is 46.8 Å². The van der Waals surface area contributed by atoms with Crippen molar-refractivity contribution in [2.75, 3.05) is 23.3 Å². The van der Waals surface area contributed by atoms with Crippen LogP contribution in [0.15, 0.2) is 24.4 Å². The van der Waals surface area contributed by atoms with Gasteiger partial charge in [-0.05, 0) is 63.3 Å². The van der Waals surface area contributed by atoms with Crippen LogP contribution in [0.2, 0.25) is 0 Å². The van der Waals surface area contributed by atoms with Crippen molar-refractivity contribution >= 4 is 17.5 Å². The topological polar surface area (TPSA) is 58.1 Å². The zero-order valence-electron chi connectivity index (χ0n) is 14.6. The summed E-state index contributed by atoms with van der Waals surface area (Å²) >= 11 is 0. The Morgan fingerprint density at radius 2 is 1.71 bits per heavy atom. The highest BCUT2D eigenvalue weighted by Crippen LogP contribution is 2.19. The minimum absolute atomic E-state index is 0.164. The highest BCUT2D eigenvalue weighted by atomic mass is 16.1. The lowest BCUT2D eigenvalue weighted by Crippen LogP contribution is -2.31. The molecule has 126 valence electrons. The molecule has 0 radical (unpaired) electrons. The van der Waals surface area contributed by atoms with Gasteiger partial charge in [-0.25, -0.2) is 9.97 Å². The first-order valence-electron chi connectivity index (χ1n) is 8.51. The second kappa shape index (κ2) is 6.99. The average Bonchev–Trinajstić information content (AvgIpc) is 2.54. The third kappa shape index (κ3) is 3.72. The minimum Gasteiger partial charge on any atom is -0.341 e. The predicted molar refractivity (Wildman–Crippen MR) is 96.7 cm³/mol. The van der Waals surface area contributed by atoms with Gasteiger partial charge in [0.2, 0.25) is 5.95 Å². The molecule has 1 aromatic heterocycles. The van der Waals surface area contributed by atoms with Gasteiger partial charge in [0.25, 0.3) is 5.91 Å². The van der Waals surface area contributed by atoms with Gasteiger partial charge in [0.15, 0.2) is 0 Å². The number of amides is 1. The Hall–Kier alpha value is -2.43. The van der Waals surface area contributed by atoms with Crippen molar-refractivity contribution in [3.8, 4) is 0 Å². The quantitative estimate of drug-likeness (QED) is 0.936. The second-order valence-electron chi connectivity index (χ2n) is 6.55. The molecule has 0 aliphatic carbocycles. The minimum atomic E-state index is -0.164. The van der Waals surface area contributed by atoms with Crippen LogP contribution in [0.25, 0.3) is 0 Å². The molecule has 2 heterocycles. The van der Waals surface area contributed by atoms with Gasteiger partial charge in [0, 0.05) is 25.0 Å². The highest BCUT2D eigenvalue weighted by Gasteiger charge is 2.17. The van der Waals surface area contributed by atoms with E-state index in [0.29, 0.717) is 11.3 Å². The Labute approximate surface area is 143 Å². The van der Waals surface area contributed by atoms with Crippen molar-refractivity contribution < 1.29 is 4.79 Å². The molecular formula is C19H24N4O. The fourth-order valence-corrected chi connectivity index (χ4v) is 3.17. The van der Waals surface area contributed by atoms with Gasteiger partial charge < -0.3 is 10.2 Å². The normalized spacial score (nSPS) is 14.5. The molecule has 5 heteroatoms.